The van der Waals surface area contributed by atoms with E-state index in [4.69, 9.17) is 94.7 Å². The molecule has 10 heterocycles. The second kappa shape index (κ2) is 47.5. The molecule has 0 spiro atoms. The fourth-order valence-electron chi connectivity index (χ4n) is 16.6. The average molecular weight is 1890 g/mol. The maximum absolute atomic E-state index is 13.5. The Kier molecular flexibility index (Phi) is 39.2. The fraction of sp³-hybridized carbons (Fsp3) is 0.931. The molecule has 746 valence electrons. The number of aliphatic hydroxyl groups excluding tert-OH is 27. The first-order chi connectivity index (χ1) is 61.2. The van der Waals surface area contributed by atoms with Crippen molar-refractivity contribution in [1.82, 2.24) is 26.6 Å². The predicted molar refractivity (Wildman–Crippen MR) is 398 cm³/mol. The lowest BCUT2D eigenvalue weighted by atomic mass is 9.93. The van der Waals surface area contributed by atoms with Gasteiger partial charge in [0.05, 0.1) is 84.8 Å². The molecule has 0 aromatic carbocycles. The van der Waals surface area contributed by atoms with E-state index in [1.807, 2.05) is 0 Å². The standard InChI is InChI=1S/C72H121N5O52/c1-18-37(93)46(102)48(104)68(111-18)125-58-36(77-22(5)92)66(119-32(15-87)57(58)124-72-53(109)61(41(97)28(11-83)116-72)126-63-33(74-19(2)89)43(99)38(94)24(7-79)112-63)129-62-42(98)27(10-82)114-70(52(62)108)122-55-30(13-85)117-64(34(45(55)101)75-20(3)90)127-59-39(95)25(8-80)113-69(50(59)106)121-54-29(12-84)118-65(35(44(54)100)76-21(4)91)128-60-40(96)26(9-81)115-71(51(60)107)123-56-31(14-86)120-67(49(105)47(56)103)110-16-23(6-78)73-17-88/h17-18,23-72,78-87,93-109H,6-16H2,1-5H3,(H,73,88)(H,74,89)(H,75,90)(H,76,91)(H,77,92)/t18-,23+,24+,25+,26+,27+,28+,29+,30+,31+,32+,33+,34+,35+,36+,37+,38+,39-,40-,41-,42-,43+,44+,45+,46+,47+,48-,49+,50+,51+,52+,53+,54+,55+,56+,57+,58+,59-,60-,61-,62-,63-,64-,65-,66-,67+,68-,69-,70-,71-,72-/m0/s1. The molecular weight excluding hydrogens is 1770 g/mol. The first-order valence-corrected chi connectivity index (χ1v) is 41.2. The molecule has 57 heteroatoms. The number of rotatable bonds is 37. The third-order valence-corrected chi connectivity index (χ3v) is 23.4. The minimum absolute atomic E-state index is 0.250. The molecule has 0 aliphatic carbocycles. The largest absolute Gasteiger partial charge is 0.394 e. The van der Waals surface area contributed by atoms with Crippen LogP contribution < -0.4 is 26.6 Å². The third-order valence-electron chi connectivity index (χ3n) is 23.4. The maximum Gasteiger partial charge on any atom is 0.217 e. The molecule has 0 saturated carbocycles. The van der Waals surface area contributed by atoms with Gasteiger partial charge in [0, 0.05) is 27.7 Å². The van der Waals surface area contributed by atoms with Crippen LogP contribution in [0.25, 0.3) is 0 Å². The molecule has 0 aromatic heterocycles. The highest BCUT2D eigenvalue weighted by atomic mass is 16.8. The lowest BCUT2D eigenvalue weighted by Crippen LogP contribution is -2.72. The zero-order chi connectivity index (χ0) is 94.9. The normalized spacial score (nSPS) is 47.8. The highest BCUT2D eigenvalue weighted by Gasteiger charge is 2.63. The van der Waals surface area contributed by atoms with Crippen molar-refractivity contribution in [3.05, 3.63) is 0 Å². The Morgan fingerprint density at radius 1 is 0.264 bits per heavy atom. The van der Waals surface area contributed by atoms with Gasteiger partial charge in [0.1, 0.15) is 238 Å². The van der Waals surface area contributed by atoms with Gasteiger partial charge >= 0.3 is 0 Å². The van der Waals surface area contributed by atoms with Crippen LogP contribution in [0, 0.1) is 0 Å². The number of aliphatic hydroxyl groups is 27. The number of hydrogen-bond donors (Lipinski definition) is 32. The Bertz CT molecular complexity index is 3480. The van der Waals surface area contributed by atoms with Crippen molar-refractivity contribution >= 4 is 30.0 Å². The van der Waals surface area contributed by atoms with Crippen molar-refractivity contribution in [1.29, 1.82) is 0 Å². The van der Waals surface area contributed by atoms with Crippen LogP contribution in [0.2, 0.25) is 0 Å². The highest BCUT2D eigenvalue weighted by Crippen LogP contribution is 2.42. The number of ether oxygens (including phenoxy) is 20. The molecular formula is C72H121N5O52. The highest BCUT2D eigenvalue weighted by molar-refractivity contribution is 5.74. The smallest absolute Gasteiger partial charge is 0.217 e. The molecule has 0 radical (unpaired) electrons. The molecule has 10 aliphatic rings. The van der Waals surface area contributed by atoms with Crippen molar-refractivity contribution in [2.75, 3.05) is 72.7 Å². The molecule has 129 heavy (non-hydrogen) atoms. The molecule has 57 nitrogen and oxygen atoms in total. The van der Waals surface area contributed by atoms with Gasteiger partial charge in [-0.15, -0.1) is 0 Å². The van der Waals surface area contributed by atoms with Gasteiger partial charge in [0.2, 0.25) is 30.0 Å². The van der Waals surface area contributed by atoms with Gasteiger partial charge in [-0.2, -0.15) is 0 Å². The van der Waals surface area contributed by atoms with E-state index in [1.165, 1.54) is 6.92 Å². The Morgan fingerprint density at radius 3 is 0.853 bits per heavy atom. The lowest BCUT2D eigenvalue weighted by Gasteiger charge is -2.52. The number of nitrogens with one attached hydrogen (secondary N) is 5. The third kappa shape index (κ3) is 24.0. The number of carbonyl (C=O) groups excluding carboxylic acids is 5. The summed E-state index contributed by atoms with van der Waals surface area (Å²) in [6, 6.07) is -8.71. The van der Waals surface area contributed by atoms with Crippen LogP contribution in [-0.2, 0) is 119 Å². The number of hydrogen-bond acceptors (Lipinski definition) is 52. The van der Waals surface area contributed by atoms with Gasteiger partial charge in [0.25, 0.3) is 0 Å². The summed E-state index contributed by atoms with van der Waals surface area (Å²) < 4.78 is 119. The molecule has 51 atom stereocenters. The zero-order valence-electron chi connectivity index (χ0n) is 69.6. The van der Waals surface area contributed by atoms with Gasteiger partial charge in [0.15, 0.2) is 62.9 Å². The minimum Gasteiger partial charge on any atom is -0.394 e. The van der Waals surface area contributed by atoms with Crippen molar-refractivity contribution in [3.8, 4) is 0 Å². The Morgan fingerprint density at radius 2 is 0.519 bits per heavy atom. The van der Waals surface area contributed by atoms with E-state index >= 15 is 0 Å². The summed E-state index contributed by atoms with van der Waals surface area (Å²) in [6.07, 6.45) is -94.5. The van der Waals surface area contributed by atoms with Crippen molar-refractivity contribution in [2.24, 2.45) is 0 Å². The zero-order valence-corrected chi connectivity index (χ0v) is 69.6. The maximum atomic E-state index is 13.5. The van der Waals surface area contributed by atoms with Crippen LogP contribution in [0.4, 0.5) is 0 Å². The molecule has 10 saturated heterocycles. The summed E-state index contributed by atoms with van der Waals surface area (Å²) in [5, 5.41) is 314. The van der Waals surface area contributed by atoms with E-state index in [0.717, 1.165) is 27.7 Å². The second-order valence-electron chi connectivity index (χ2n) is 32.4. The number of amides is 5. The van der Waals surface area contributed by atoms with Crippen molar-refractivity contribution in [2.45, 2.75) is 347 Å². The summed E-state index contributed by atoms with van der Waals surface area (Å²) in [7, 11) is 0. The van der Waals surface area contributed by atoms with Crippen molar-refractivity contribution in [3.63, 3.8) is 0 Å². The molecule has 10 fully saturated rings. The average Bonchev–Trinajstić information content (AvgIpc) is 0.760. The molecule has 10 rings (SSSR count). The quantitative estimate of drug-likeness (QED) is 0.0257. The first-order valence-electron chi connectivity index (χ1n) is 41.2. The van der Waals surface area contributed by atoms with E-state index in [9.17, 15) is 162 Å². The number of carbonyl (C=O) groups is 5. The summed E-state index contributed by atoms with van der Waals surface area (Å²) in [5.74, 6) is -3.78. The lowest BCUT2D eigenvalue weighted by molar-refractivity contribution is -0.396. The SMILES string of the molecule is CC(=O)N[C@H]1[C@H](O[C@H]2[C@@H](O)[C@@H](CO)O[C@@H](O[C@H]3[C@H](O)[C@@H](O)[C@H](OC[C@@H](CO)NC=O)O[C@@H]3CO)[C@@H]2O)O[C@H](CO)[C@@H](O[C@@H]2O[C@H](CO)[C@H](O)[C@H](O[C@@H]3O[C@H](CO)[C@@H](O[C@@H]4O[C@H](CO)[C@H](O)[C@H](O[C@@H]5O[C@H](CO)[C@@H](O[C@@H]6O[C@H](CO)[C@H](O)[C@H](O[C@@H]7O[C@H](CO)[C@@H](O)[C@H](O)[C@H]7NC(C)=O)[C@H]6O)[C@H](O[C@@H]6O[C@@H](C)[C@@H](O)[C@@H](O)[C@@H]6O)[C@H]5NC(C)=O)[C@H]4O)[C@H](O)[C@H]3NC(C)=O)[C@H]2O)[C@@H]1O. The van der Waals surface area contributed by atoms with Gasteiger partial charge in [-0.05, 0) is 6.92 Å². The Hall–Kier alpha value is -4.53. The van der Waals surface area contributed by atoms with E-state index in [0.29, 0.717) is 0 Å². The minimum atomic E-state index is -2.47. The van der Waals surface area contributed by atoms with E-state index in [-0.39, 0.29) is 6.41 Å². The summed E-state index contributed by atoms with van der Waals surface area (Å²) in [4.78, 5) is 63.0. The van der Waals surface area contributed by atoms with Gasteiger partial charge in [-0.3, -0.25) is 24.0 Å². The first kappa shape index (κ1) is 107. The Labute approximate surface area is 731 Å². The molecule has 0 aromatic rings. The molecule has 10 aliphatic heterocycles. The molecule has 0 bridgehead atoms. The molecule has 5 amide bonds. The van der Waals surface area contributed by atoms with Crippen LogP contribution in [0.5, 0.6) is 0 Å². The van der Waals surface area contributed by atoms with E-state index < -0.39 is 409 Å². The van der Waals surface area contributed by atoms with Crippen LogP contribution in [0.3, 0.4) is 0 Å². The van der Waals surface area contributed by atoms with Crippen LogP contribution in [0.1, 0.15) is 34.6 Å². The van der Waals surface area contributed by atoms with Gasteiger partial charge < -0.3 is 259 Å². The van der Waals surface area contributed by atoms with Crippen molar-refractivity contribution < 1.29 is 257 Å². The van der Waals surface area contributed by atoms with Crippen LogP contribution in [-0.4, -0.2) is 553 Å². The van der Waals surface area contributed by atoms with Gasteiger partial charge in [-0.1, -0.05) is 0 Å². The Balaban J connectivity index is 0.866. The summed E-state index contributed by atoms with van der Waals surface area (Å²) in [6.45, 7) is -6.27. The van der Waals surface area contributed by atoms with Crippen LogP contribution >= 0.6 is 0 Å². The topological polar surface area (TPSA) is 876 Å². The summed E-state index contributed by atoms with van der Waals surface area (Å²) in [5.41, 5.74) is 0. The fourth-order valence-corrected chi connectivity index (χ4v) is 16.6. The monoisotopic (exact) mass is 1890 g/mol. The molecule has 0 unspecified atom stereocenters. The predicted octanol–water partition coefficient (Wildman–Crippen LogP) is -22.1. The molecule has 32 N–H and O–H groups in total. The summed E-state index contributed by atoms with van der Waals surface area (Å²) >= 11 is 0. The van der Waals surface area contributed by atoms with E-state index in [2.05, 4.69) is 26.6 Å². The van der Waals surface area contributed by atoms with Gasteiger partial charge in [-0.25, -0.2) is 0 Å². The second-order valence-corrected chi connectivity index (χ2v) is 32.4. The van der Waals surface area contributed by atoms with Crippen LogP contribution in [0.15, 0.2) is 0 Å². The van der Waals surface area contributed by atoms with E-state index in [1.54, 1.807) is 0 Å².